The van der Waals surface area contributed by atoms with Gasteiger partial charge in [-0.1, -0.05) is 42.5 Å². The van der Waals surface area contributed by atoms with Gasteiger partial charge >= 0.3 is 5.97 Å². The number of amidine groups is 1. The van der Waals surface area contributed by atoms with E-state index in [4.69, 9.17) is 0 Å². The summed E-state index contributed by atoms with van der Waals surface area (Å²) in [4.78, 5) is 18.0. The van der Waals surface area contributed by atoms with Gasteiger partial charge in [0.25, 0.3) is 0 Å². The quantitative estimate of drug-likeness (QED) is 0.938. The number of hydrogen-bond acceptors (Lipinski definition) is 3. The molecule has 0 saturated heterocycles. The minimum Gasteiger partial charge on any atom is -0.478 e. The zero-order chi connectivity index (χ0) is 14.8. The Kier molecular flexibility index (Phi) is 3.44. The SMILES string of the molecule is CC1=NCCN1c1c(C(=O)O)cccc1-c1ccccc1. The number of aliphatic imine (C=N–C) groups is 1. The van der Waals surface area contributed by atoms with Crippen LogP contribution in [0.15, 0.2) is 53.5 Å². The Morgan fingerprint density at radius 1 is 1.14 bits per heavy atom. The molecule has 0 bridgehead atoms. The second-order valence-electron chi connectivity index (χ2n) is 4.95. The molecule has 0 aromatic heterocycles. The fourth-order valence-electron chi connectivity index (χ4n) is 2.69. The molecule has 0 aliphatic carbocycles. The third-order valence-corrected chi connectivity index (χ3v) is 3.68. The highest BCUT2D eigenvalue weighted by Gasteiger charge is 2.24. The van der Waals surface area contributed by atoms with Crippen LogP contribution in [0, 0.1) is 0 Å². The summed E-state index contributed by atoms with van der Waals surface area (Å²) in [6.07, 6.45) is 0. The second-order valence-corrected chi connectivity index (χ2v) is 4.95. The van der Waals surface area contributed by atoms with E-state index in [0.29, 0.717) is 12.1 Å². The molecule has 3 rings (SSSR count). The van der Waals surface area contributed by atoms with Crippen molar-refractivity contribution in [3.05, 3.63) is 54.1 Å². The van der Waals surface area contributed by atoms with Crippen molar-refractivity contribution in [2.45, 2.75) is 6.92 Å². The maximum absolute atomic E-state index is 11.6. The zero-order valence-corrected chi connectivity index (χ0v) is 11.8. The number of aromatic carboxylic acids is 1. The van der Waals surface area contributed by atoms with Gasteiger partial charge in [0, 0.05) is 12.1 Å². The van der Waals surface area contributed by atoms with E-state index in [9.17, 15) is 9.90 Å². The highest BCUT2D eigenvalue weighted by molar-refractivity contribution is 6.08. The van der Waals surface area contributed by atoms with E-state index in [1.54, 1.807) is 12.1 Å². The van der Waals surface area contributed by atoms with Crippen LogP contribution < -0.4 is 4.90 Å². The molecule has 0 amide bonds. The van der Waals surface area contributed by atoms with E-state index < -0.39 is 5.97 Å². The molecular formula is C17H16N2O2. The van der Waals surface area contributed by atoms with Crippen LogP contribution in [-0.4, -0.2) is 30.0 Å². The van der Waals surface area contributed by atoms with Gasteiger partial charge in [0.15, 0.2) is 0 Å². The number of anilines is 1. The van der Waals surface area contributed by atoms with E-state index in [2.05, 4.69) is 4.99 Å². The van der Waals surface area contributed by atoms with Gasteiger partial charge in [-0.3, -0.25) is 4.99 Å². The molecular weight excluding hydrogens is 264 g/mol. The Labute approximate surface area is 123 Å². The normalized spacial score (nSPS) is 14.1. The first-order chi connectivity index (χ1) is 10.2. The van der Waals surface area contributed by atoms with E-state index in [1.807, 2.05) is 48.2 Å². The Morgan fingerprint density at radius 3 is 2.52 bits per heavy atom. The molecule has 1 heterocycles. The van der Waals surface area contributed by atoms with Crippen LogP contribution in [-0.2, 0) is 0 Å². The van der Waals surface area contributed by atoms with Gasteiger partial charge < -0.3 is 10.0 Å². The first kappa shape index (κ1) is 13.4. The molecule has 21 heavy (non-hydrogen) atoms. The van der Waals surface area contributed by atoms with Crippen LogP contribution in [0.3, 0.4) is 0 Å². The second kappa shape index (κ2) is 5.40. The van der Waals surface area contributed by atoms with Crippen molar-refractivity contribution in [3.63, 3.8) is 0 Å². The lowest BCUT2D eigenvalue weighted by atomic mass is 9.99. The van der Waals surface area contributed by atoms with Gasteiger partial charge in [-0.05, 0) is 18.6 Å². The largest absolute Gasteiger partial charge is 0.478 e. The van der Waals surface area contributed by atoms with E-state index >= 15 is 0 Å². The number of nitrogens with zero attached hydrogens (tertiary/aromatic N) is 2. The topological polar surface area (TPSA) is 52.9 Å². The third-order valence-electron chi connectivity index (χ3n) is 3.68. The molecule has 0 unspecified atom stereocenters. The molecule has 1 N–H and O–H groups in total. The van der Waals surface area contributed by atoms with Crippen LogP contribution in [0.5, 0.6) is 0 Å². The standard InChI is InChI=1S/C17H16N2O2/c1-12-18-10-11-19(12)16-14(13-6-3-2-4-7-13)8-5-9-15(16)17(20)21/h2-9H,10-11H2,1H3,(H,20,21). The lowest BCUT2D eigenvalue weighted by molar-refractivity contribution is 0.0698. The molecule has 0 atom stereocenters. The molecule has 1 aliphatic heterocycles. The summed E-state index contributed by atoms with van der Waals surface area (Å²) in [5.74, 6) is -0.0524. The van der Waals surface area contributed by atoms with Crippen molar-refractivity contribution in [1.29, 1.82) is 0 Å². The maximum Gasteiger partial charge on any atom is 0.337 e. The molecule has 106 valence electrons. The summed E-state index contributed by atoms with van der Waals surface area (Å²) in [7, 11) is 0. The van der Waals surface area contributed by atoms with Crippen molar-refractivity contribution in [3.8, 4) is 11.1 Å². The summed E-state index contributed by atoms with van der Waals surface area (Å²) in [5, 5.41) is 9.52. The third kappa shape index (κ3) is 2.40. The molecule has 0 saturated carbocycles. The lowest BCUT2D eigenvalue weighted by Gasteiger charge is -2.24. The Morgan fingerprint density at radius 2 is 1.90 bits per heavy atom. The summed E-state index contributed by atoms with van der Waals surface area (Å²) in [6, 6.07) is 15.2. The van der Waals surface area contributed by atoms with Gasteiger partial charge in [0.2, 0.25) is 0 Å². The Bertz CT molecular complexity index is 708. The smallest absolute Gasteiger partial charge is 0.337 e. The zero-order valence-electron chi connectivity index (χ0n) is 11.8. The Hall–Kier alpha value is -2.62. The number of carboxylic acid groups (broad SMARTS) is 1. The van der Waals surface area contributed by atoms with Gasteiger partial charge in [0.1, 0.15) is 5.84 Å². The number of carbonyl (C=O) groups is 1. The van der Waals surface area contributed by atoms with Crippen LogP contribution >= 0.6 is 0 Å². The first-order valence-corrected chi connectivity index (χ1v) is 6.89. The van der Waals surface area contributed by atoms with Crippen LogP contribution in [0.4, 0.5) is 5.69 Å². The molecule has 1 aliphatic rings. The predicted molar refractivity (Wildman–Crippen MR) is 84.2 cm³/mol. The Balaban J connectivity index is 2.23. The highest BCUT2D eigenvalue weighted by Crippen LogP contribution is 2.35. The fourth-order valence-corrected chi connectivity index (χ4v) is 2.69. The van der Waals surface area contributed by atoms with Crippen molar-refractivity contribution < 1.29 is 9.90 Å². The average Bonchev–Trinajstić information content (AvgIpc) is 2.93. The van der Waals surface area contributed by atoms with Gasteiger partial charge in [-0.2, -0.15) is 0 Å². The molecule has 0 fully saturated rings. The number of benzene rings is 2. The summed E-state index contributed by atoms with van der Waals surface area (Å²) in [6.45, 7) is 3.34. The maximum atomic E-state index is 11.6. The van der Waals surface area contributed by atoms with Gasteiger partial charge in [-0.15, -0.1) is 0 Å². The summed E-state index contributed by atoms with van der Waals surface area (Å²) < 4.78 is 0. The van der Waals surface area contributed by atoms with Crippen LogP contribution in [0.2, 0.25) is 0 Å². The van der Waals surface area contributed by atoms with E-state index in [-0.39, 0.29) is 0 Å². The number of rotatable bonds is 3. The van der Waals surface area contributed by atoms with Gasteiger partial charge in [0.05, 0.1) is 17.8 Å². The predicted octanol–water partition coefficient (Wildman–Crippen LogP) is 3.29. The number of hydrogen-bond donors (Lipinski definition) is 1. The molecule has 0 radical (unpaired) electrons. The minimum atomic E-state index is -0.914. The monoisotopic (exact) mass is 280 g/mol. The van der Waals surface area contributed by atoms with Crippen molar-refractivity contribution >= 4 is 17.5 Å². The summed E-state index contributed by atoms with van der Waals surface area (Å²) in [5.41, 5.74) is 2.98. The first-order valence-electron chi connectivity index (χ1n) is 6.89. The highest BCUT2D eigenvalue weighted by atomic mass is 16.4. The molecule has 2 aromatic rings. The summed E-state index contributed by atoms with van der Waals surface area (Å²) >= 11 is 0. The number of para-hydroxylation sites is 1. The lowest BCUT2D eigenvalue weighted by Crippen LogP contribution is -2.27. The average molecular weight is 280 g/mol. The number of carboxylic acids is 1. The molecule has 2 aromatic carbocycles. The van der Waals surface area contributed by atoms with Crippen LogP contribution in [0.1, 0.15) is 17.3 Å². The fraction of sp³-hybridized carbons (Fsp3) is 0.176. The van der Waals surface area contributed by atoms with Crippen LogP contribution in [0.25, 0.3) is 11.1 Å². The molecule has 4 heteroatoms. The van der Waals surface area contributed by atoms with E-state index in [1.165, 1.54) is 0 Å². The van der Waals surface area contributed by atoms with Crippen molar-refractivity contribution in [2.75, 3.05) is 18.0 Å². The molecule has 4 nitrogen and oxygen atoms in total. The van der Waals surface area contributed by atoms with Crippen molar-refractivity contribution in [2.24, 2.45) is 4.99 Å². The minimum absolute atomic E-state index is 0.313. The van der Waals surface area contributed by atoms with Crippen molar-refractivity contribution in [1.82, 2.24) is 0 Å². The van der Waals surface area contributed by atoms with Gasteiger partial charge in [-0.25, -0.2) is 4.79 Å². The molecule has 0 spiro atoms. The van der Waals surface area contributed by atoms with E-state index in [0.717, 1.165) is 29.2 Å².